The first kappa shape index (κ1) is 19.8. The number of phenols is 1. The van der Waals surface area contributed by atoms with Crippen LogP contribution in [0.2, 0.25) is 0 Å². The number of aromatic hydroxyl groups is 1. The van der Waals surface area contributed by atoms with Crippen LogP contribution in [-0.2, 0) is 0 Å². The summed E-state index contributed by atoms with van der Waals surface area (Å²) in [5.74, 6) is 2.26. The van der Waals surface area contributed by atoms with E-state index < -0.39 is 0 Å². The summed E-state index contributed by atoms with van der Waals surface area (Å²) in [5, 5.41) is 14.7. The largest absolute Gasteiger partial charge is 0.508 e. The van der Waals surface area contributed by atoms with E-state index >= 15 is 0 Å². The van der Waals surface area contributed by atoms with Crippen molar-refractivity contribution >= 4 is 21.6 Å². The first-order valence-corrected chi connectivity index (χ1v) is 11.1. The number of ether oxygens (including phenoxy) is 2. The van der Waals surface area contributed by atoms with E-state index in [9.17, 15) is 5.11 Å². The van der Waals surface area contributed by atoms with Crippen molar-refractivity contribution in [3.05, 3.63) is 94.2 Å². The fraction of sp³-hybridized carbons (Fsp3) is 0.0800. The summed E-state index contributed by atoms with van der Waals surface area (Å²) in [6.07, 6.45) is 1.60. The van der Waals surface area contributed by atoms with E-state index in [1.807, 2.05) is 54.6 Å². The van der Waals surface area contributed by atoms with Crippen molar-refractivity contribution in [2.45, 2.75) is 5.92 Å². The molecule has 0 unspecified atom stereocenters. The van der Waals surface area contributed by atoms with Gasteiger partial charge in [0.25, 0.3) is 0 Å². The van der Waals surface area contributed by atoms with Crippen molar-refractivity contribution in [3.63, 3.8) is 0 Å². The number of hydrogen-bond donors (Lipinski definition) is 1. The topological polar surface area (TPSA) is 81.8 Å². The molecule has 33 heavy (non-hydrogen) atoms. The van der Waals surface area contributed by atoms with Gasteiger partial charge in [-0.2, -0.15) is 0 Å². The lowest BCUT2D eigenvalue weighted by Crippen LogP contribution is -2.15. The molecule has 0 saturated heterocycles. The maximum absolute atomic E-state index is 10.0. The normalized spacial score (nSPS) is 14.4. The average molecular weight is 501 g/mol. The maximum Gasteiger partial charge on any atom is 0.228 e. The van der Waals surface area contributed by atoms with Crippen molar-refractivity contribution in [1.29, 1.82) is 0 Å². The molecule has 1 aliphatic rings. The minimum atomic E-state index is -0.220. The fourth-order valence-corrected chi connectivity index (χ4v) is 4.66. The third-order valence-electron chi connectivity index (χ3n) is 5.75. The summed E-state index contributed by atoms with van der Waals surface area (Å²) in [4.78, 5) is 9.42. The number of nitrogens with zero attached hydrogens (tertiary/aromatic N) is 4. The molecule has 162 valence electrons. The number of halogens is 1. The second-order valence-corrected chi connectivity index (χ2v) is 8.53. The molecule has 2 aromatic heterocycles. The fourth-order valence-electron chi connectivity index (χ4n) is 4.20. The van der Waals surface area contributed by atoms with E-state index in [4.69, 9.17) is 14.5 Å². The van der Waals surface area contributed by atoms with Gasteiger partial charge in [-0.25, -0.2) is 14.5 Å². The zero-order chi connectivity index (χ0) is 22.5. The highest BCUT2D eigenvalue weighted by molar-refractivity contribution is 9.10. The average Bonchev–Trinajstić information content (AvgIpc) is 3.27. The molecule has 1 atom stereocenters. The second-order valence-electron chi connectivity index (χ2n) is 7.68. The van der Waals surface area contributed by atoms with Gasteiger partial charge in [-0.3, -0.25) is 0 Å². The first-order valence-electron chi connectivity index (χ1n) is 10.3. The van der Waals surface area contributed by atoms with Crippen molar-refractivity contribution in [2.75, 3.05) is 7.11 Å². The smallest absolute Gasteiger partial charge is 0.228 e. The Morgan fingerprint density at radius 1 is 1.06 bits per heavy atom. The van der Waals surface area contributed by atoms with E-state index in [0.717, 1.165) is 32.5 Å². The number of phenolic OH excluding ortho intramolecular Hbond substituents is 1. The molecular formula is C25H17BrN4O3. The lowest BCUT2D eigenvalue weighted by Gasteiger charge is -2.28. The summed E-state index contributed by atoms with van der Waals surface area (Å²) in [5.41, 5.74) is 4.29. The second kappa shape index (κ2) is 7.60. The zero-order valence-corrected chi connectivity index (χ0v) is 19.0. The SMILES string of the molecule is COc1ccc([C@H]2c3ccc(O)cc3Oc3ncn4nc(-c5ccccc5Br)nc4c32)cc1. The number of fused-ring (bicyclic) bond motifs is 4. The highest BCUT2D eigenvalue weighted by atomic mass is 79.9. The predicted molar refractivity (Wildman–Crippen MR) is 126 cm³/mol. The minimum absolute atomic E-state index is 0.130. The summed E-state index contributed by atoms with van der Waals surface area (Å²) in [6, 6.07) is 20.9. The van der Waals surface area contributed by atoms with Gasteiger partial charge in [0.15, 0.2) is 11.5 Å². The van der Waals surface area contributed by atoms with Crippen LogP contribution in [0.3, 0.4) is 0 Å². The third-order valence-corrected chi connectivity index (χ3v) is 6.45. The van der Waals surface area contributed by atoms with Crippen molar-refractivity contribution in [2.24, 2.45) is 0 Å². The number of aromatic nitrogens is 4. The first-order chi connectivity index (χ1) is 16.1. The van der Waals surface area contributed by atoms with E-state index in [2.05, 4.69) is 26.0 Å². The molecule has 0 bridgehead atoms. The lowest BCUT2D eigenvalue weighted by atomic mass is 9.84. The quantitative estimate of drug-likeness (QED) is 0.342. The van der Waals surface area contributed by atoms with Crippen molar-refractivity contribution in [3.8, 4) is 34.5 Å². The Labute approximate surface area is 197 Å². The summed E-state index contributed by atoms with van der Waals surface area (Å²) in [7, 11) is 1.64. The standard InChI is InChI=1S/C25H17BrN4O3/c1-32-16-9-6-14(7-10-16)21-18-11-8-15(31)12-20(18)33-25-22(21)24-28-23(29-30(24)13-27-25)17-4-2-3-5-19(17)26/h2-13,21,31H,1H3/t21-/m0/s1. The lowest BCUT2D eigenvalue weighted by molar-refractivity contribution is 0.414. The molecule has 0 amide bonds. The number of methoxy groups -OCH3 is 1. The van der Waals surface area contributed by atoms with E-state index in [1.165, 1.54) is 0 Å². The Balaban J connectivity index is 1.60. The molecule has 3 heterocycles. The van der Waals surface area contributed by atoms with Crippen molar-refractivity contribution in [1.82, 2.24) is 19.6 Å². The monoisotopic (exact) mass is 500 g/mol. The van der Waals surface area contributed by atoms with Crippen molar-refractivity contribution < 1.29 is 14.6 Å². The molecule has 5 aromatic rings. The third kappa shape index (κ3) is 3.22. The van der Waals surface area contributed by atoms with Crippen LogP contribution in [-0.4, -0.2) is 31.8 Å². The molecular weight excluding hydrogens is 484 g/mol. The Bertz CT molecular complexity index is 1510. The van der Waals surface area contributed by atoms with Crippen LogP contribution in [0.1, 0.15) is 22.6 Å². The van der Waals surface area contributed by atoms with Gasteiger partial charge >= 0.3 is 0 Å². The van der Waals surface area contributed by atoms with Crippen LogP contribution in [0.15, 0.2) is 77.5 Å². The highest BCUT2D eigenvalue weighted by Crippen LogP contribution is 2.48. The van der Waals surface area contributed by atoms with E-state index in [0.29, 0.717) is 23.1 Å². The van der Waals surface area contributed by atoms with Crippen LogP contribution in [0, 0.1) is 0 Å². The Morgan fingerprint density at radius 2 is 1.88 bits per heavy atom. The summed E-state index contributed by atoms with van der Waals surface area (Å²) < 4.78 is 14.0. The molecule has 7 nitrogen and oxygen atoms in total. The number of hydrogen-bond acceptors (Lipinski definition) is 6. The summed E-state index contributed by atoms with van der Waals surface area (Å²) in [6.45, 7) is 0. The maximum atomic E-state index is 10.0. The summed E-state index contributed by atoms with van der Waals surface area (Å²) >= 11 is 3.59. The molecule has 1 aliphatic heterocycles. The Kier molecular flexibility index (Phi) is 4.55. The number of benzene rings is 3. The zero-order valence-electron chi connectivity index (χ0n) is 17.4. The minimum Gasteiger partial charge on any atom is -0.508 e. The van der Waals surface area contributed by atoms with Gasteiger partial charge in [0, 0.05) is 27.6 Å². The predicted octanol–water partition coefficient (Wildman–Crippen LogP) is 5.55. The van der Waals surface area contributed by atoms with Crippen LogP contribution in [0.5, 0.6) is 23.1 Å². The molecule has 0 fully saturated rings. The molecule has 0 aliphatic carbocycles. The highest BCUT2D eigenvalue weighted by Gasteiger charge is 2.33. The van der Waals surface area contributed by atoms with Crippen LogP contribution >= 0.6 is 15.9 Å². The van der Waals surface area contributed by atoms with Gasteiger partial charge in [0.2, 0.25) is 5.88 Å². The molecule has 0 radical (unpaired) electrons. The van der Waals surface area contributed by atoms with Gasteiger partial charge in [-0.1, -0.05) is 46.3 Å². The number of rotatable bonds is 3. The molecule has 6 rings (SSSR count). The van der Waals surface area contributed by atoms with Gasteiger partial charge < -0.3 is 14.6 Å². The van der Waals surface area contributed by atoms with E-state index in [-0.39, 0.29) is 11.7 Å². The molecule has 1 N–H and O–H groups in total. The van der Waals surface area contributed by atoms with Crippen LogP contribution in [0.25, 0.3) is 17.0 Å². The van der Waals surface area contributed by atoms with E-state index in [1.54, 1.807) is 30.1 Å². The molecule has 3 aromatic carbocycles. The van der Waals surface area contributed by atoms with Gasteiger partial charge in [-0.15, -0.1) is 5.10 Å². The molecule has 0 spiro atoms. The van der Waals surface area contributed by atoms with Crippen LogP contribution in [0.4, 0.5) is 0 Å². The Morgan fingerprint density at radius 3 is 2.67 bits per heavy atom. The van der Waals surface area contributed by atoms with Gasteiger partial charge in [0.1, 0.15) is 23.6 Å². The van der Waals surface area contributed by atoms with Gasteiger partial charge in [-0.05, 0) is 35.9 Å². The molecule has 0 saturated carbocycles. The Hall–Kier alpha value is -3.91. The van der Waals surface area contributed by atoms with Crippen LogP contribution < -0.4 is 9.47 Å². The molecule has 8 heteroatoms. The van der Waals surface area contributed by atoms with Gasteiger partial charge in [0.05, 0.1) is 12.7 Å².